The lowest BCUT2D eigenvalue weighted by Gasteiger charge is -2.56. The third-order valence-corrected chi connectivity index (χ3v) is 8.38. The highest BCUT2D eigenvalue weighted by Crippen LogP contribution is 2.62. The second kappa shape index (κ2) is 7.86. The SMILES string of the molecule is CC(=O)C1=C(C)C[C@@]2(C)C[C@@]3(C)Cc4c(CC(=O)c5ccco5)ccc(O)c4C(O)=C3C(=O)[C@@]2(O)C1=O. The van der Waals surface area contributed by atoms with Crippen LogP contribution in [0.5, 0.6) is 5.75 Å². The summed E-state index contributed by atoms with van der Waals surface area (Å²) < 4.78 is 5.21. The van der Waals surface area contributed by atoms with E-state index in [2.05, 4.69) is 0 Å². The molecule has 5 rings (SSSR count). The summed E-state index contributed by atoms with van der Waals surface area (Å²) in [6.45, 7) is 6.30. The van der Waals surface area contributed by atoms with Crippen LogP contribution in [0.4, 0.5) is 0 Å². The maximum absolute atomic E-state index is 14.0. The minimum absolute atomic E-state index is 0.000421. The van der Waals surface area contributed by atoms with Gasteiger partial charge >= 0.3 is 0 Å². The van der Waals surface area contributed by atoms with Crippen molar-refractivity contribution in [2.45, 2.75) is 59.0 Å². The van der Waals surface area contributed by atoms with Gasteiger partial charge in [0.15, 0.2) is 17.1 Å². The van der Waals surface area contributed by atoms with Crippen molar-refractivity contribution in [1.82, 2.24) is 0 Å². The molecule has 0 aliphatic heterocycles. The van der Waals surface area contributed by atoms with Crippen molar-refractivity contribution in [3.63, 3.8) is 0 Å². The molecule has 1 aromatic carbocycles. The van der Waals surface area contributed by atoms with Gasteiger partial charge in [-0.2, -0.15) is 0 Å². The summed E-state index contributed by atoms with van der Waals surface area (Å²) >= 11 is 0. The molecule has 192 valence electrons. The van der Waals surface area contributed by atoms with E-state index in [1.807, 2.05) is 0 Å². The largest absolute Gasteiger partial charge is 0.507 e. The van der Waals surface area contributed by atoms with Crippen molar-refractivity contribution in [1.29, 1.82) is 0 Å². The van der Waals surface area contributed by atoms with Gasteiger partial charge in [-0.3, -0.25) is 19.2 Å². The Morgan fingerprint density at radius 1 is 1.05 bits per heavy atom. The molecule has 0 bridgehead atoms. The third kappa shape index (κ3) is 3.25. The van der Waals surface area contributed by atoms with Crippen LogP contribution >= 0.6 is 0 Å². The van der Waals surface area contributed by atoms with Gasteiger partial charge in [0.25, 0.3) is 0 Å². The van der Waals surface area contributed by atoms with Crippen LogP contribution in [0.1, 0.15) is 67.8 Å². The second-order valence-electron chi connectivity index (χ2n) is 11.1. The highest BCUT2D eigenvalue weighted by atomic mass is 16.3. The number of hydrogen-bond donors (Lipinski definition) is 3. The van der Waals surface area contributed by atoms with E-state index in [1.54, 1.807) is 39.0 Å². The molecule has 0 radical (unpaired) electrons. The van der Waals surface area contributed by atoms with Gasteiger partial charge in [-0.25, -0.2) is 0 Å². The number of Topliss-reactive ketones (excluding diaryl/α,β-unsaturated/α-hetero) is 4. The summed E-state index contributed by atoms with van der Waals surface area (Å²) in [6, 6.07) is 6.10. The number of hydrogen-bond acceptors (Lipinski definition) is 8. The van der Waals surface area contributed by atoms with Crippen LogP contribution in [0.2, 0.25) is 0 Å². The van der Waals surface area contributed by atoms with Crippen LogP contribution in [0.15, 0.2) is 51.7 Å². The first-order valence-corrected chi connectivity index (χ1v) is 12.1. The molecule has 3 N–H and O–H groups in total. The number of allylic oxidation sites excluding steroid dienone is 1. The number of ketones is 4. The summed E-state index contributed by atoms with van der Waals surface area (Å²) in [4.78, 5) is 52.5. The lowest BCUT2D eigenvalue weighted by molar-refractivity contribution is -0.171. The van der Waals surface area contributed by atoms with E-state index in [9.17, 15) is 34.5 Å². The normalized spacial score (nSPS) is 29.1. The summed E-state index contributed by atoms with van der Waals surface area (Å²) in [5.41, 5.74) is -3.53. The van der Waals surface area contributed by atoms with Crippen molar-refractivity contribution < 1.29 is 38.9 Å². The van der Waals surface area contributed by atoms with Crippen molar-refractivity contribution in [2.75, 3.05) is 0 Å². The van der Waals surface area contributed by atoms with Gasteiger partial charge in [0.2, 0.25) is 17.3 Å². The molecule has 0 unspecified atom stereocenters. The highest BCUT2D eigenvalue weighted by molar-refractivity contribution is 6.33. The van der Waals surface area contributed by atoms with Crippen molar-refractivity contribution in [2.24, 2.45) is 10.8 Å². The predicted octanol–water partition coefficient (Wildman–Crippen LogP) is 3.83. The number of benzene rings is 1. The molecule has 0 saturated heterocycles. The highest BCUT2D eigenvalue weighted by Gasteiger charge is 2.69. The molecule has 1 aromatic heterocycles. The molecular weight excluding hydrogens is 476 g/mol. The lowest BCUT2D eigenvalue weighted by atomic mass is 9.46. The number of aliphatic hydroxyl groups excluding tert-OH is 1. The fourth-order valence-corrected chi connectivity index (χ4v) is 6.95. The van der Waals surface area contributed by atoms with Crippen LogP contribution in [0.25, 0.3) is 5.76 Å². The number of phenols is 1. The Kier molecular flexibility index (Phi) is 5.29. The number of carbonyl (C=O) groups excluding carboxylic acids is 4. The van der Waals surface area contributed by atoms with E-state index in [0.29, 0.717) is 16.7 Å². The molecule has 3 aliphatic carbocycles. The van der Waals surface area contributed by atoms with E-state index in [-0.39, 0.29) is 59.7 Å². The Morgan fingerprint density at radius 2 is 1.76 bits per heavy atom. The van der Waals surface area contributed by atoms with Gasteiger partial charge in [-0.15, -0.1) is 0 Å². The minimum atomic E-state index is -2.53. The van der Waals surface area contributed by atoms with Gasteiger partial charge in [-0.1, -0.05) is 25.5 Å². The number of phenolic OH excluding ortho intramolecular Hbond substituents is 1. The number of fused-ring (bicyclic) bond motifs is 3. The Bertz CT molecular complexity index is 1470. The molecule has 3 atom stereocenters. The van der Waals surface area contributed by atoms with E-state index in [4.69, 9.17) is 4.42 Å². The zero-order valence-corrected chi connectivity index (χ0v) is 21.1. The molecule has 8 heteroatoms. The average Bonchev–Trinajstić information content (AvgIpc) is 3.33. The molecule has 1 saturated carbocycles. The fourth-order valence-electron chi connectivity index (χ4n) is 6.95. The summed E-state index contributed by atoms with van der Waals surface area (Å²) in [5, 5.41) is 33.8. The zero-order valence-electron chi connectivity index (χ0n) is 21.1. The molecule has 37 heavy (non-hydrogen) atoms. The number of aromatic hydroxyl groups is 1. The number of carbonyl (C=O) groups is 4. The number of aliphatic hydroxyl groups is 2. The Hall–Kier alpha value is -3.78. The molecule has 2 aromatic rings. The van der Waals surface area contributed by atoms with E-state index in [0.717, 1.165) is 0 Å². The third-order valence-electron chi connectivity index (χ3n) is 8.38. The van der Waals surface area contributed by atoms with Gasteiger partial charge in [0, 0.05) is 22.8 Å². The first-order chi connectivity index (χ1) is 17.2. The van der Waals surface area contributed by atoms with Gasteiger partial charge in [0.05, 0.1) is 17.4 Å². The first-order valence-electron chi connectivity index (χ1n) is 12.1. The standard InChI is InChI=1S/C29H28O8/c1-14-11-28(4)13-27(3)12-17-16(10-19(32)20-6-5-9-37-20)7-8-18(31)22(17)24(33)23(27)26(35)29(28,36)25(34)21(14)15(2)30/h5-9,31,33,36H,10-13H2,1-4H3/t27-,28+,29+/m1/s1. The average molecular weight is 505 g/mol. The summed E-state index contributed by atoms with van der Waals surface area (Å²) in [7, 11) is 0. The van der Waals surface area contributed by atoms with Crippen LogP contribution < -0.4 is 0 Å². The Morgan fingerprint density at radius 3 is 2.38 bits per heavy atom. The molecule has 1 fully saturated rings. The molecule has 8 nitrogen and oxygen atoms in total. The quantitative estimate of drug-likeness (QED) is 0.324. The Labute approximate surface area is 213 Å². The molecular formula is C29H28O8. The lowest BCUT2D eigenvalue weighted by Crippen LogP contribution is -2.67. The summed E-state index contributed by atoms with van der Waals surface area (Å²) in [6.07, 6.45) is 1.83. The monoisotopic (exact) mass is 504 g/mol. The first kappa shape index (κ1) is 24.9. The minimum Gasteiger partial charge on any atom is -0.507 e. The number of rotatable bonds is 4. The van der Waals surface area contributed by atoms with Crippen LogP contribution in [-0.4, -0.2) is 44.1 Å². The molecule has 0 amide bonds. The molecule has 0 spiro atoms. The van der Waals surface area contributed by atoms with Crippen LogP contribution in [-0.2, 0) is 27.2 Å². The van der Waals surface area contributed by atoms with Crippen LogP contribution in [0, 0.1) is 10.8 Å². The zero-order chi connectivity index (χ0) is 27.1. The van der Waals surface area contributed by atoms with Crippen molar-refractivity contribution in [3.8, 4) is 5.75 Å². The smallest absolute Gasteiger partial charge is 0.206 e. The van der Waals surface area contributed by atoms with Crippen molar-refractivity contribution in [3.05, 3.63) is 69.7 Å². The van der Waals surface area contributed by atoms with E-state index < -0.39 is 39.5 Å². The molecule has 1 heterocycles. The van der Waals surface area contributed by atoms with Gasteiger partial charge in [0.1, 0.15) is 11.5 Å². The van der Waals surface area contributed by atoms with Gasteiger partial charge < -0.3 is 19.7 Å². The number of furan rings is 1. The van der Waals surface area contributed by atoms with Crippen molar-refractivity contribution >= 4 is 28.9 Å². The summed E-state index contributed by atoms with van der Waals surface area (Å²) in [5.74, 6) is -3.37. The molecule has 3 aliphatic rings. The van der Waals surface area contributed by atoms with Gasteiger partial charge in [-0.05, 0) is 62.4 Å². The maximum Gasteiger partial charge on any atom is 0.206 e. The maximum atomic E-state index is 14.0. The van der Waals surface area contributed by atoms with E-state index in [1.165, 1.54) is 19.3 Å². The van der Waals surface area contributed by atoms with E-state index >= 15 is 0 Å². The van der Waals surface area contributed by atoms with Crippen LogP contribution in [0.3, 0.4) is 0 Å². The topological polar surface area (TPSA) is 142 Å². The fraction of sp³-hybridized carbons (Fsp3) is 0.379. The predicted molar refractivity (Wildman–Crippen MR) is 132 cm³/mol. The Balaban J connectivity index is 1.68. The second-order valence-corrected chi connectivity index (χ2v) is 11.1.